The standard InChI is InChI=1S/C11H16O5/c1-2-16-10(14)8(9(12)13)11(15)6-4-3-5-7(6)11/h6-8,15H,2-5H2,1H3,(H,12,13). The van der Waals surface area contributed by atoms with Gasteiger partial charge in [-0.25, -0.2) is 0 Å². The molecule has 0 aliphatic heterocycles. The molecule has 90 valence electrons. The number of fused-ring (bicyclic) bond motifs is 1. The average Bonchev–Trinajstić information content (AvgIpc) is 2.64. The summed E-state index contributed by atoms with van der Waals surface area (Å²) in [5.41, 5.74) is -1.35. The largest absolute Gasteiger partial charge is 0.481 e. The summed E-state index contributed by atoms with van der Waals surface area (Å²) in [5.74, 6) is -3.57. The summed E-state index contributed by atoms with van der Waals surface area (Å²) in [6, 6.07) is 0. The normalized spacial score (nSPS) is 37.6. The third-order valence-corrected chi connectivity index (χ3v) is 3.83. The van der Waals surface area contributed by atoms with Gasteiger partial charge in [-0.05, 0) is 31.6 Å². The predicted octanol–water partition coefficient (Wildman–Crippen LogP) is 0.411. The zero-order chi connectivity index (χ0) is 11.9. The first-order valence-corrected chi connectivity index (χ1v) is 5.65. The van der Waals surface area contributed by atoms with Crippen molar-refractivity contribution in [2.45, 2.75) is 31.8 Å². The molecule has 0 spiro atoms. The SMILES string of the molecule is CCOC(=O)C(C(=O)O)C1(O)C2CCCC21. The monoisotopic (exact) mass is 228 g/mol. The zero-order valence-electron chi connectivity index (χ0n) is 9.18. The fourth-order valence-corrected chi connectivity index (χ4v) is 3.11. The number of aliphatic carboxylic acids is 1. The van der Waals surface area contributed by atoms with Crippen LogP contribution in [0.4, 0.5) is 0 Å². The van der Waals surface area contributed by atoms with E-state index in [9.17, 15) is 14.7 Å². The number of hydrogen-bond acceptors (Lipinski definition) is 4. The van der Waals surface area contributed by atoms with Crippen LogP contribution in [0.25, 0.3) is 0 Å². The molecule has 0 bridgehead atoms. The van der Waals surface area contributed by atoms with Gasteiger partial charge in [0.05, 0.1) is 12.2 Å². The fourth-order valence-electron chi connectivity index (χ4n) is 3.11. The Kier molecular flexibility index (Phi) is 2.66. The highest BCUT2D eigenvalue weighted by atomic mass is 16.5. The molecule has 2 fully saturated rings. The summed E-state index contributed by atoms with van der Waals surface area (Å²) in [4.78, 5) is 22.6. The number of ether oxygens (including phenoxy) is 1. The van der Waals surface area contributed by atoms with Crippen LogP contribution in [0.5, 0.6) is 0 Å². The highest BCUT2D eigenvalue weighted by Gasteiger charge is 2.72. The average molecular weight is 228 g/mol. The van der Waals surface area contributed by atoms with Crippen LogP contribution in [0.15, 0.2) is 0 Å². The maximum Gasteiger partial charge on any atom is 0.323 e. The van der Waals surface area contributed by atoms with Crippen LogP contribution < -0.4 is 0 Å². The van der Waals surface area contributed by atoms with Crippen molar-refractivity contribution in [1.82, 2.24) is 0 Å². The van der Waals surface area contributed by atoms with Gasteiger partial charge in [-0.15, -0.1) is 0 Å². The molecule has 0 aromatic rings. The molecule has 2 N–H and O–H groups in total. The van der Waals surface area contributed by atoms with Gasteiger partial charge in [0.1, 0.15) is 0 Å². The molecule has 16 heavy (non-hydrogen) atoms. The number of hydrogen-bond donors (Lipinski definition) is 2. The van der Waals surface area contributed by atoms with Crippen LogP contribution in [-0.4, -0.2) is 34.4 Å². The maximum absolute atomic E-state index is 11.5. The molecular formula is C11H16O5. The Labute approximate surface area is 93.4 Å². The Hall–Kier alpha value is -1.10. The lowest BCUT2D eigenvalue weighted by Crippen LogP contribution is -2.41. The van der Waals surface area contributed by atoms with Crippen LogP contribution >= 0.6 is 0 Å². The summed E-state index contributed by atoms with van der Waals surface area (Å²) in [6.07, 6.45) is 2.63. The lowest BCUT2D eigenvalue weighted by molar-refractivity contribution is -0.166. The van der Waals surface area contributed by atoms with Gasteiger partial charge in [-0.1, -0.05) is 6.42 Å². The molecule has 5 nitrogen and oxygen atoms in total. The zero-order valence-corrected chi connectivity index (χ0v) is 9.18. The molecule has 0 aromatic carbocycles. The van der Waals surface area contributed by atoms with Gasteiger partial charge in [0.15, 0.2) is 5.92 Å². The molecule has 2 saturated carbocycles. The molecule has 2 aliphatic rings. The first-order valence-electron chi connectivity index (χ1n) is 5.65. The lowest BCUT2D eigenvalue weighted by atomic mass is 9.93. The van der Waals surface area contributed by atoms with Gasteiger partial charge >= 0.3 is 11.9 Å². The first kappa shape index (κ1) is 11.4. The number of esters is 1. The maximum atomic E-state index is 11.5. The smallest absolute Gasteiger partial charge is 0.323 e. The van der Waals surface area contributed by atoms with E-state index in [4.69, 9.17) is 9.84 Å². The van der Waals surface area contributed by atoms with E-state index in [1.165, 1.54) is 0 Å². The van der Waals surface area contributed by atoms with Gasteiger partial charge in [0.2, 0.25) is 0 Å². The van der Waals surface area contributed by atoms with Crippen molar-refractivity contribution in [3.63, 3.8) is 0 Å². The minimum atomic E-state index is -1.41. The lowest BCUT2D eigenvalue weighted by Gasteiger charge is -2.20. The molecule has 0 heterocycles. The first-order chi connectivity index (χ1) is 7.53. The van der Waals surface area contributed by atoms with Crippen molar-refractivity contribution >= 4 is 11.9 Å². The predicted molar refractivity (Wildman–Crippen MR) is 53.5 cm³/mol. The Balaban J connectivity index is 2.15. The Morgan fingerprint density at radius 2 is 2.00 bits per heavy atom. The number of carbonyl (C=O) groups is 2. The van der Waals surface area contributed by atoms with E-state index < -0.39 is 23.5 Å². The molecule has 2 aliphatic carbocycles. The van der Waals surface area contributed by atoms with E-state index in [-0.39, 0.29) is 18.4 Å². The van der Waals surface area contributed by atoms with Crippen molar-refractivity contribution < 1.29 is 24.5 Å². The van der Waals surface area contributed by atoms with Crippen molar-refractivity contribution in [3.05, 3.63) is 0 Å². The van der Waals surface area contributed by atoms with E-state index in [0.717, 1.165) is 19.3 Å². The molecule has 0 amide bonds. The Morgan fingerprint density at radius 3 is 2.44 bits per heavy atom. The third kappa shape index (κ3) is 1.42. The van der Waals surface area contributed by atoms with Gasteiger partial charge in [-0.2, -0.15) is 0 Å². The van der Waals surface area contributed by atoms with Crippen molar-refractivity contribution in [1.29, 1.82) is 0 Å². The molecule has 0 radical (unpaired) electrons. The van der Waals surface area contributed by atoms with Gasteiger partial charge in [-0.3, -0.25) is 9.59 Å². The highest BCUT2D eigenvalue weighted by Crippen LogP contribution is 2.64. The minimum Gasteiger partial charge on any atom is -0.481 e. The van der Waals surface area contributed by atoms with Crippen molar-refractivity contribution in [2.24, 2.45) is 17.8 Å². The van der Waals surface area contributed by atoms with Crippen molar-refractivity contribution in [3.8, 4) is 0 Å². The minimum absolute atomic E-state index is 0.0296. The molecule has 3 atom stereocenters. The number of carbonyl (C=O) groups excluding carboxylic acids is 1. The Bertz CT molecular complexity index is 314. The van der Waals surface area contributed by atoms with Crippen LogP contribution in [0.1, 0.15) is 26.2 Å². The molecule has 2 rings (SSSR count). The molecule has 3 unspecified atom stereocenters. The van der Waals surface area contributed by atoms with Gasteiger partial charge in [0.25, 0.3) is 0 Å². The second kappa shape index (κ2) is 3.73. The number of carboxylic acids is 1. The summed E-state index contributed by atoms with van der Waals surface area (Å²) in [7, 11) is 0. The van der Waals surface area contributed by atoms with Gasteiger partial charge < -0.3 is 14.9 Å². The number of aliphatic hydroxyl groups is 1. The Morgan fingerprint density at radius 1 is 1.44 bits per heavy atom. The van der Waals surface area contributed by atoms with E-state index in [1.807, 2.05) is 0 Å². The highest BCUT2D eigenvalue weighted by molar-refractivity contribution is 5.96. The molecular weight excluding hydrogens is 212 g/mol. The van der Waals surface area contributed by atoms with E-state index in [1.54, 1.807) is 6.92 Å². The quantitative estimate of drug-likeness (QED) is 0.538. The number of carboxylic acid groups (broad SMARTS) is 1. The van der Waals surface area contributed by atoms with Crippen LogP contribution in [0, 0.1) is 17.8 Å². The van der Waals surface area contributed by atoms with E-state index in [0.29, 0.717) is 0 Å². The van der Waals surface area contributed by atoms with Crippen LogP contribution in [0.3, 0.4) is 0 Å². The number of rotatable bonds is 4. The molecule has 5 heteroatoms. The molecule has 0 saturated heterocycles. The fraction of sp³-hybridized carbons (Fsp3) is 0.818. The van der Waals surface area contributed by atoms with E-state index >= 15 is 0 Å². The summed E-state index contributed by atoms with van der Waals surface area (Å²) >= 11 is 0. The van der Waals surface area contributed by atoms with Crippen LogP contribution in [0.2, 0.25) is 0 Å². The second-order valence-electron chi connectivity index (χ2n) is 4.55. The van der Waals surface area contributed by atoms with Gasteiger partial charge in [0, 0.05) is 0 Å². The summed E-state index contributed by atoms with van der Waals surface area (Å²) in [6.45, 7) is 1.75. The molecule has 0 aromatic heterocycles. The summed E-state index contributed by atoms with van der Waals surface area (Å²) in [5, 5.41) is 19.3. The summed E-state index contributed by atoms with van der Waals surface area (Å²) < 4.78 is 4.72. The third-order valence-electron chi connectivity index (χ3n) is 3.83. The second-order valence-corrected chi connectivity index (χ2v) is 4.55. The van der Waals surface area contributed by atoms with E-state index in [2.05, 4.69) is 0 Å². The van der Waals surface area contributed by atoms with Crippen LogP contribution in [-0.2, 0) is 14.3 Å². The van der Waals surface area contributed by atoms with Crippen molar-refractivity contribution in [2.75, 3.05) is 6.61 Å². The topological polar surface area (TPSA) is 83.8 Å².